The zero-order chi connectivity index (χ0) is 12.1. The monoisotopic (exact) mass is 223 g/mol. The van der Waals surface area contributed by atoms with E-state index in [4.69, 9.17) is 5.11 Å². The lowest BCUT2D eigenvalue weighted by Gasteiger charge is -2.22. The molecule has 0 aliphatic carbocycles. The molecular weight excluding hydrogens is 206 g/mol. The van der Waals surface area contributed by atoms with E-state index in [9.17, 15) is 4.79 Å². The number of hydrogen-bond donors (Lipinski definition) is 2. The Morgan fingerprint density at radius 2 is 2.38 bits per heavy atom. The van der Waals surface area contributed by atoms with E-state index in [1.807, 2.05) is 0 Å². The number of carbonyl (C=O) groups excluding carboxylic acids is 1. The van der Waals surface area contributed by atoms with Gasteiger partial charge in [0.1, 0.15) is 5.69 Å². The number of aromatic nitrogens is 1. The average Bonchev–Trinajstić information content (AvgIpc) is 2.36. The first-order valence-corrected chi connectivity index (χ1v) is 5.12. The van der Waals surface area contributed by atoms with Crippen LogP contribution >= 0.6 is 0 Å². The molecule has 1 rings (SSSR count). The molecule has 0 aliphatic rings. The number of anilines is 1. The summed E-state index contributed by atoms with van der Waals surface area (Å²) in [6.07, 6.45) is 1.58. The van der Waals surface area contributed by atoms with Crippen LogP contribution in [0.4, 0.5) is 5.69 Å². The Labute approximate surface area is 95.1 Å². The van der Waals surface area contributed by atoms with E-state index in [2.05, 4.69) is 10.3 Å². The van der Waals surface area contributed by atoms with Crippen molar-refractivity contribution in [3.8, 4) is 0 Å². The molecule has 1 heterocycles. The highest BCUT2D eigenvalue weighted by atomic mass is 16.3. The number of amides is 1. The molecule has 1 amide bonds. The third-order valence-electron chi connectivity index (χ3n) is 2.51. The molecule has 0 spiro atoms. The van der Waals surface area contributed by atoms with Gasteiger partial charge in [0.05, 0.1) is 12.6 Å². The molecule has 1 aromatic rings. The van der Waals surface area contributed by atoms with Gasteiger partial charge in [0, 0.05) is 26.0 Å². The van der Waals surface area contributed by atoms with E-state index < -0.39 is 0 Å². The van der Waals surface area contributed by atoms with Gasteiger partial charge in [-0.3, -0.25) is 9.78 Å². The minimum atomic E-state index is -0.215. The van der Waals surface area contributed by atoms with Gasteiger partial charge in [0.25, 0.3) is 5.91 Å². The standard InChI is InChI=1S/C11H17N3O2/c1-8(7-15)14(3)11(16)10-6-9(12-2)4-5-13-10/h4-6,8,15H,7H2,1-3H3,(H,12,13). The fourth-order valence-corrected chi connectivity index (χ4v) is 1.21. The summed E-state index contributed by atoms with van der Waals surface area (Å²) in [6, 6.07) is 3.25. The van der Waals surface area contributed by atoms with Gasteiger partial charge in [-0.25, -0.2) is 0 Å². The van der Waals surface area contributed by atoms with Crippen LogP contribution in [0.25, 0.3) is 0 Å². The zero-order valence-electron chi connectivity index (χ0n) is 9.77. The Morgan fingerprint density at radius 1 is 1.69 bits per heavy atom. The lowest BCUT2D eigenvalue weighted by atomic mass is 10.2. The van der Waals surface area contributed by atoms with Gasteiger partial charge in [-0.15, -0.1) is 0 Å². The van der Waals surface area contributed by atoms with Crippen LogP contribution in [0.3, 0.4) is 0 Å². The second-order valence-corrected chi connectivity index (χ2v) is 3.63. The molecule has 0 saturated heterocycles. The Balaban J connectivity index is 2.87. The number of pyridine rings is 1. The maximum Gasteiger partial charge on any atom is 0.272 e. The summed E-state index contributed by atoms with van der Waals surface area (Å²) in [5.41, 5.74) is 1.21. The fourth-order valence-electron chi connectivity index (χ4n) is 1.21. The van der Waals surface area contributed by atoms with Crippen LogP contribution in [0.5, 0.6) is 0 Å². The van der Waals surface area contributed by atoms with Crippen LogP contribution in [-0.4, -0.2) is 47.6 Å². The van der Waals surface area contributed by atoms with Gasteiger partial charge in [-0.2, -0.15) is 0 Å². The largest absolute Gasteiger partial charge is 0.394 e. The van der Waals surface area contributed by atoms with E-state index in [-0.39, 0.29) is 18.6 Å². The highest BCUT2D eigenvalue weighted by molar-refractivity contribution is 5.93. The Kier molecular flexibility index (Phi) is 4.25. The lowest BCUT2D eigenvalue weighted by Crippen LogP contribution is -2.37. The van der Waals surface area contributed by atoms with Crippen molar-refractivity contribution in [3.05, 3.63) is 24.0 Å². The number of hydrogen-bond acceptors (Lipinski definition) is 4. The third-order valence-corrected chi connectivity index (χ3v) is 2.51. The molecule has 0 radical (unpaired) electrons. The predicted octanol–water partition coefficient (Wildman–Crippen LogP) is 0.576. The molecule has 0 aliphatic heterocycles. The normalized spacial score (nSPS) is 12.0. The number of nitrogens with zero attached hydrogens (tertiary/aromatic N) is 2. The molecule has 0 fully saturated rings. The Bertz CT molecular complexity index is 368. The number of nitrogens with one attached hydrogen (secondary N) is 1. The predicted molar refractivity (Wildman–Crippen MR) is 62.4 cm³/mol. The van der Waals surface area contributed by atoms with Gasteiger partial charge < -0.3 is 15.3 Å². The molecule has 5 nitrogen and oxygen atoms in total. The topological polar surface area (TPSA) is 65.5 Å². The molecular formula is C11H17N3O2. The fraction of sp³-hybridized carbons (Fsp3) is 0.455. The van der Waals surface area contributed by atoms with Crippen LogP contribution in [-0.2, 0) is 0 Å². The van der Waals surface area contributed by atoms with Gasteiger partial charge in [-0.1, -0.05) is 0 Å². The van der Waals surface area contributed by atoms with Crippen LogP contribution in [0.15, 0.2) is 18.3 Å². The molecule has 0 aromatic carbocycles. The smallest absolute Gasteiger partial charge is 0.272 e. The first-order valence-electron chi connectivity index (χ1n) is 5.12. The summed E-state index contributed by atoms with van der Waals surface area (Å²) in [4.78, 5) is 17.4. The van der Waals surface area contributed by atoms with Gasteiger partial charge in [0.2, 0.25) is 0 Å². The van der Waals surface area contributed by atoms with Crippen molar-refractivity contribution in [2.24, 2.45) is 0 Å². The summed E-state index contributed by atoms with van der Waals surface area (Å²) in [7, 11) is 3.43. The summed E-state index contributed by atoms with van der Waals surface area (Å²) in [6.45, 7) is 1.72. The molecule has 1 aromatic heterocycles. The van der Waals surface area contributed by atoms with E-state index >= 15 is 0 Å². The van der Waals surface area contributed by atoms with E-state index in [0.29, 0.717) is 5.69 Å². The van der Waals surface area contributed by atoms with Crippen LogP contribution in [0.2, 0.25) is 0 Å². The maximum absolute atomic E-state index is 11.9. The van der Waals surface area contributed by atoms with Crippen molar-refractivity contribution in [3.63, 3.8) is 0 Å². The highest BCUT2D eigenvalue weighted by Gasteiger charge is 2.17. The summed E-state index contributed by atoms with van der Waals surface area (Å²) >= 11 is 0. The molecule has 1 atom stereocenters. The van der Waals surface area contributed by atoms with Crippen molar-refractivity contribution < 1.29 is 9.90 Å². The molecule has 16 heavy (non-hydrogen) atoms. The first kappa shape index (κ1) is 12.4. The summed E-state index contributed by atoms with van der Waals surface area (Å²) in [5, 5.41) is 11.9. The van der Waals surface area contributed by atoms with Crippen molar-refractivity contribution in [1.82, 2.24) is 9.88 Å². The lowest BCUT2D eigenvalue weighted by molar-refractivity contribution is 0.0676. The highest BCUT2D eigenvalue weighted by Crippen LogP contribution is 2.09. The van der Waals surface area contributed by atoms with Crippen molar-refractivity contribution in [2.75, 3.05) is 26.0 Å². The maximum atomic E-state index is 11.9. The Morgan fingerprint density at radius 3 is 2.94 bits per heavy atom. The SMILES string of the molecule is CNc1ccnc(C(=O)N(C)C(C)CO)c1. The average molecular weight is 223 g/mol. The van der Waals surface area contributed by atoms with E-state index in [1.165, 1.54) is 4.90 Å². The number of aliphatic hydroxyl groups excluding tert-OH is 1. The first-order chi connectivity index (χ1) is 7.60. The number of likely N-dealkylation sites (N-methyl/N-ethyl adjacent to an activating group) is 1. The molecule has 0 saturated carbocycles. The number of carbonyl (C=O) groups is 1. The molecule has 5 heteroatoms. The van der Waals surface area contributed by atoms with E-state index in [0.717, 1.165) is 5.69 Å². The van der Waals surface area contributed by atoms with Crippen molar-refractivity contribution >= 4 is 11.6 Å². The van der Waals surface area contributed by atoms with Crippen molar-refractivity contribution in [1.29, 1.82) is 0 Å². The molecule has 1 unspecified atom stereocenters. The number of rotatable bonds is 4. The minimum Gasteiger partial charge on any atom is -0.394 e. The van der Waals surface area contributed by atoms with Crippen molar-refractivity contribution in [2.45, 2.75) is 13.0 Å². The number of aliphatic hydroxyl groups is 1. The van der Waals surface area contributed by atoms with Crippen LogP contribution in [0, 0.1) is 0 Å². The van der Waals surface area contributed by atoms with Crippen LogP contribution in [0.1, 0.15) is 17.4 Å². The third kappa shape index (κ3) is 2.70. The van der Waals surface area contributed by atoms with Gasteiger partial charge in [-0.05, 0) is 19.1 Å². The summed E-state index contributed by atoms with van der Waals surface area (Å²) < 4.78 is 0. The van der Waals surface area contributed by atoms with Gasteiger partial charge in [0.15, 0.2) is 0 Å². The second-order valence-electron chi connectivity index (χ2n) is 3.63. The van der Waals surface area contributed by atoms with E-state index in [1.54, 1.807) is 39.3 Å². The Hall–Kier alpha value is -1.62. The molecule has 88 valence electrons. The van der Waals surface area contributed by atoms with Crippen LogP contribution < -0.4 is 5.32 Å². The zero-order valence-corrected chi connectivity index (χ0v) is 9.77. The minimum absolute atomic E-state index is 0.0615. The molecule has 2 N–H and O–H groups in total. The molecule has 0 bridgehead atoms. The quantitative estimate of drug-likeness (QED) is 0.783. The van der Waals surface area contributed by atoms with Gasteiger partial charge >= 0.3 is 0 Å². The second kappa shape index (κ2) is 5.46. The summed E-state index contributed by atoms with van der Waals surface area (Å²) in [5.74, 6) is -0.196.